The van der Waals surface area contributed by atoms with Crippen molar-refractivity contribution in [2.45, 2.75) is 19.9 Å². The molecule has 0 saturated carbocycles. The second kappa shape index (κ2) is 4.78. The maximum atomic E-state index is 11.6. The van der Waals surface area contributed by atoms with E-state index in [0.717, 1.165) is 0 Å². The number of carboxylic acids is 1. The van der Waals surface area contributed by atoms with Crippen molar-refractivity contribution in [1.82, 2.24) is 15.1 Å². The number of carbonyl (C=O) groups excluding carboxylic acids is 1. The predicted molar refractivity (Wildman–Crippen MR) is 56.9 cm³/mol. The second-order valence-electron chi connectivity index (χ2n) is 3.91. The Morgan fingerprint density at radius 3 is 2.50 bits per heavy atom. The average Bonchev–Trinajstić information content (AvgIpc) is 2.59. The minimum absolute atomic E-state index is 0.176. The molecule has 0 aromatic carbocycles. The minimum Gasteiger partial charge on any atom is -0.480 e. The molecular formula is C10H15N3O3. The first kappa shape index (κ1) is 12.2. The van der Waals surface area contributed by atoms with E-state index in [2.05, 4.69) is 10.4 Å². The van der Waals surface area contributed by atoms with Crippen LogP contribution in [0.5, 0.6) is 0 Å². The van der Waals surface area contributed by atoms with Gasteiger partial charge in [-0.15, -0.1) is 0 Å². The molecule has 0 aliphatic rings. The first-order valence-corrected chi connectivity index (χ1v) is 4.95. The normalized spacial score (nSPS) is 12.5. The van der Waals surface area contributed by atoms with Crippen molar-refractivity contribution in [3.63, 3.8) is 0 Å². The summed E-state index contributed by atoms with van der Waals surface area (Å²) in [6, 6.07) is 0.642. The fourth-order valence-electron chi connectivity index (χ4n) is 1.26. The third-order valence-electron chi connectivity index (χ3n) is 2.17. The van der Waals surface area contributed by atoms with E-state index in [9.17, 15) is 9.59 Å². The number of nitrogens with zero attached hydrogens (tertiary/aromatic N) is 2. The summed E-state index contributed by atoms with van der Waals surface area (Å²) >= 11 is 0. The standard InChI is InChI=1S/C10H15N3O3/c1-6(2)8(10(15)16)11-9(14)7-4-5-13(3)12-7/h4-6,8H,1-3H3,(H,11,14)(H,15,16). The fourth-order valence-corrected chi connectivity index (χ4v) is 1.26. The lowest BCUT2D eigenvalue weighted by molar-refractivity contribution is -0.140. The minimum atomic E-state index is -1.04. The first-order valence-electron chi connectivity index (χ1n) is 4.95. The van der Waals surface area contributed by atoms with Crippen molar-refractivity contribution in [1.29, 1.82) is 0 Å². The van der Waals surface area contributed by atoms with Crippen molar-refractivity contribution < 1.29 is 14.7 Å². The predicted octanol–water partition coefficient (Wildman–Crippen LogP) is 0.259. The summed E-state index contributed by atoms with van der Waals surface area (Å²) in [5.41, 5.74) is 0.217. The van der Waals surface area contributed by atoms with Gasteiger partial charge in [0.05, 0.1) is 0 Å². The molecule has 0 saturated heterocycles. The SMILES string of the molecule is CC(C)C(NC(=O)c1ccn(C)n1)C(=O)O. The topological polar surface area (TPSA) is 84.2 Å². The van der Waals surface area contributed by atoms with Gasteiger partial charge in [-0.1, -0.05) is 13.8 Å². The number of carbonyl (C=O) groups is 2. The van der Waals surface area contributed by atoms with E-state index in [1.54, 1.807) is 27.1 Å². The van der Waals surface area contributed by atoms with Crippen LogP contribution in [-0.2, 0) is 11.8 Å². The average molecular weight is 225 g/mol. The van der Waals surface area contributed by atoms with E-state index < -0.39 is 17.9 Å². The third kappa shape index (κ3) is 2.82. The molecule has 16 heavy (non-hydrogen) atoms. The lowest BCUT2D eigenvalue weighted by Gasteiger charge is -2.16. The summed E-state index contributed by atoms with van der Waals surface area (Å²) in [5, 5.41) is 15.2. The number of aromatic nitrogens is 2. The van der Waals surface area contributed by atoms with Crippen LogP contribution in [0, 0.1) is 5.92 Å². The van der Waals surface area contributed by atoms with Crippen LogP contribution in [0.3, 0.4) is 0 Å². The smallest absolute Gasteiger partial charge is 0.326 e. The highest BCUT2D eigenvalue weighted by Gasteiger charge is 2.24. The molecule has 6 heteroatoms. The molecular weight excluding hydrogens is 210 g/mol. The van der Waals surface area contributed by atoms with Crippen LogP contribution in [0.1, 0.15) is 24.3 Å². The summed E-state index contributed by atoms with van der Waals surface area (Å²) < 4.78 is 1.49. The molecule has 0 radical (unpaired) electrons. The van der Waals surface area contributed by atoms with Crippen LogP contribution in [0.15, 0.2) is 12.3 Å². The maximum Gasteiger partial charge on any atom is 0.326 e. The summed E-state index contributed by atoms with van der Waals surface area (Å²) in [7, 11) is 1.69. The van der Waals surface area contributed by atoms with Gasteiger partial charge in [-0.3, -0.25) is 9.48 Å². The van der Waals surface area contributed by atoms with Gasteiger partial charge in [0.15, 0.2) is 0 Å². The number of aliphatic carboxylic acids is 1. The second-order valence-corrected chi connectivity index (χ2v) is 3.91. The quantitative estimate of drug-likeness (QED) is 0.769. The van der Waals surface area contributed by atoms with Crippen molar-refractivity contribution in [3.8, 4) is 0 Å². The molecule has 0 aliphatic carbocycles. The number of carboxylic acid groups (broad SMARTS) is 1. The molecule has 1 aromatic heterocycles. The van der Waals surface area contributed by atoms with Crippen molar-refractivity contribution >= 4 is 11.9 Å². The van der Waals surface area contributed by atoms with Gasteiger partial charge >= 0.3 is 5.97 Å². The fraction of sp³-hybridized carbons (Fsp3) is 0.500. The van der Waals surface area contributed by atoms with Crippen LogP contribution < -0.4 is 5.32 Å². The Morgan fingerprint density at radius 1 is 1.50 bits per heavy atom. The summed E-state index contributed by atoms with van der Waals surface area (Å²) in [4.78, 5) is 22.5. The Labute approximate surface area is 93.3 Å². The molecule has 0 spiro atoms. The van der Waals surface area contributed by atoms with Crippen molar-refractivity contribution in [2.24, 2.45) is 13.0 Å². The van der Waals surface area contributed by atoms with Gasteiger partial charge in [-0.25, -0.2) is 4.79 Å². The largest absolute Gasteiger partial charge is 0.480 e. The Bertz CT molecular complexity index is 398. The van der Waals surface area contributed by atoms with Crippen LogP contribution in [0.25, 0.3) is 0 Å². The van der Waals surface area contributed by atoms with E-state index in [-0.39, 0.29) is 11.6 Å². The van der Waals surface area contributed by atoms with Crippen LogP contribution in [0.2, 0.25) is 0 Å². The highest BCUT2D eigenvalue weighted by Crippen LogP contribution is 2.03. The number of hydrogen-bond acceptors (Lipinski definition) is 3. The summed E-state index contributed by atoms with van der Waals surface area (Å²) in [5.74, 6) is -1.69. The summed E-state index contributed by atoms with van der Waals surface area (Å²) in [6.07, 6.45) is 1.63. The van der Waals surface area contributed by atoms with E-state index >= 15 is 0 Å². The number of hydrogen-bond donors (Lipinski definition) is 2. The highest BCUT2D eigenvalue weighted by molar-refractivity contribution is 5.94. The molecule has 1 heterocycles. The zero-order valence-electron chi connectivity index (χ0n) is 9.47. The number of rotatable bonds is 4. The number of amides is 1. The molecule has 0 aliphatic heterocycles. The van der Waals surface area contributed by atoms with Crippen molar-refractivity contribution in [3.05, 3.63) is 18.0 Å². The molecule has 1 amide bonds. The molecule has 0 fully saturated rings. The highest BCUT2D eigenvalue weighted by atomic mass is 16.4. The molecule has 1 unspecified atom stereocenters. The molecule has 1 aromatic rings. The van der Waals surface area contributed by atoms with Gasteiger partial charge in [0, 0.05) is 13.2 Å². The van der Waals surface area contributed by atoms with Gasteiger partial charge in [0.2, 0.25) is 0 Å². The molecule has 0 bridgehead atoms. The summed E-state index contributed by atoms with van der Waals surface area (Å²) in [6.45, 7) is 3.47. The Kier molecular flexibility index (Phi) is 3.65. The molecule has 1 atom stereocenters. The lowest BCUT2D eigenvalue weighted by Crippen LogP contribution is -2.44. The van der Waals surface area contributed by atoms with Crippen molar-refractivity contribution in [2.75, 3.05) is 0 Å². The number of aryl methyl sites for hydroxylation is 1. The Morgan fingerprint density at radius 2 is 2.12 bits per heavy atom. The van der Waals surface area contributed by atoms with Gasteiger partial charge in [0.25, 0.3) is 5.91 Å². The monoisotopic (exact) mass is 225 g/mol. The molecule has 1 rings (SSSR count). The molecule has 6 nitrogen and oxygen atoms in total. The third-order valence-corrected chi connectivity index (χ3v) is 2.17. The van der Waals surface area contributed by atoms with E-state index in [1.807, 2.05) is 0 Å². The zero-order chi connectivity index (χ0) is 12.3. The van der Waals surface area contributed by atoms with E-state index in [4.69, 9.17) is 5.11 Å². The van der Waals surface area contributed by atoms with Crippen LogP contribution in [0.4, 0.5) is 0 Å². The van der Waals surface area contributed by atoms with Gasteiger partial charge < -0.3 is 10.4 Å². The lowest BCUT2D eigenvalue weighted by atomic mass is 10.0. The number of nitrogens with one attached hydrogen (secondary N) is 1. The first-order chi connectivity index (χ1) is 7.41. The molecule has 88 valence electrons. The Balaban J connectivity index is 2.73. The van der Waals surface area contributed by atoms with Gasteiger partial charge in [-0.2, -0.15) is 5.10 Å². The maximum absolute atomic E-state index is 11.6. The zero-order valence-corrected chi connectivity index (χ0v) is 9.47. The van der Waals surface area contributed by atoms with Gasteiger partial charge in [-0.05, 0) is 12.0 Å². The Hall–Kier alpha value is -1.85. The van der Waals surface area contributed by atoms with Gasteiger partial charge in [0.1, 0.15) is 11.7 Å². The van der Waals surface area contributed by atoms with E-state index in [0.29, 0.717) is 0 Å². The van der Waals surface area contributed by atoms with E-state index in [1.165, 1.54) is 10.7 Å². The molecule has 2 N–H and O–H groups in total. The van der Waals surface area contributed by atoms with Crippen LogP contribution in [-0.4, -0.2) is 32.8 Å². The van der Waals surface area contributed by atoms with Crippen LogP contribution >= 0.6 is 0 Å².